The summed E-state index contributed by atoms with van der Waals surface area (Å²) in [6.07, 6.45) is 8.17. The number of para-hydroxylation sites is 1. The number of allylic oxidation sites excluding steroid dienone is 1. The van der Waals surface area contributed by atoms with Gasteiger partial charge in [-0.05, 0) is 90.2 Å². The smallest absolute Gasteiger partial charge is 0.408 e. The highest BCUT2D eigenvalue weighted by molar-refractivity contribution is 7.91. The molecule has 2 aliphatic heterocycles. The van der Waals surface area contributed by atoms with Gasteiger partial charge in [-0.1, -0.05) is 38.1 Å². The van der Waals surface area contributed by atoms with E-state index < -0.39 is 79.7 Å². The van der Waals surface area contributed by atoms with Gasteiger partial charge in [0.2, 0.25) is 33.5 Å². The number of aromatic nitrogens is 3. The van der Waals surface area contributed by atoms with Gasteiger partial charge in [0, 0.05) is 30.3 Å². The van der Waals surface area contributed by atoms with Crippen LogP contribution in [0.25, 0.3) is 16.7 Å². The van der Waals surface area contributed by atoms with Gasteiger partial charge in [0.05, 0.1) is 22.2 Å². The Hall–Kier alpha value is -4.73. The molecule has 7 atom stereocenters. The summed E-state index contributed by atoms with van der Waals surface area (Å²) in [6.45, 7) is 10.7. The number of hydrogen-bond acceptors (Lipinski definition) is 9. The van der Waals surface area contributed by atoms with Gasteiger partial charge < -0.3 is 20.1 Å². The first-order valence-electron chi connectivity index (χ1n) is 19.1. The first-order valence-corrected chi connectivity index (χ1v) is 20.6. The van der Waals surface area contributed by atoms with Gasteiger partial charge in [-0.2, -0.15) is 4.98 Å². The molecule has 0 radical (unpaired) electrons. The molecule has 2 saturated carbocycles. The number of benzene rings is 1. The molecule has 16 heteroatoms. The van der Waals surface area contributed by atoms with E-state index in [1.807, 2.05) is 47.7 Å². The number of amides is 4. The Morgan fingerprint density at radius 1 is 1.13 bits per heavy atom. The summed E-state index contributed by atoms with van der Waals surface area (Å²) in [7, 11) is -4.02. The first-order chi connectivity index (χ1) is 25.8. The number of carboxylic acid groups (broad SMARTS) is 1. The highest BCUT2D eigenvalue weighted by Crippen LogP contribution is 2.48. The fourth-order valence-electron chi connectivity index (χ4n) is 8.39. The average molecular weight is 778 g/mol. The summed E-state index contributed by atoms with van der Waals surface area (Å²) in [6, 6.07) is 5.17. The molecular weight excluding hydrogens is 727 g/mol. The fourth-order valence-corrected chi connectivity index (χ4v) is 9.71. The Bertz CT molecular complexity index is 2180. The third kappa shape index (κ3) is 7.13. The highest BCUT2D eigenvalue weighted by atomic mass is 32.2. The number of nitrogens with one attached hydrogen (secondary N) is 2. The fraction of sp³-hybridized carbons (Fsp3) is 0.590. The molecule has 4 heterocycles. The van der Waals surface area contributed by atoms with Crippen molar-refractivity contribution in [1.29, 1.82) is 0 Å². The normalized spacial score (nSPS) is 30.3. The molecule has 3 N–H and O–H groups in total. The van der Waals surface area contributed by atoms with Gasteiger partial charge in [-0.25, -0.2) is 18.2 Å². The zero-order valence-electron chi connectivity index (χ0n) is 32.2. The Labute approximate surface area is 320 Å². The van der Waals surface area contributed by atoms with Crippen LogP contribution in [0.1, 0.15) is 86.5 Å². The Balaban J connectivity index is 1.28. The van der Waals surface area contributed by atoms with E-state index in [-0.39, 0.29) is 31.2 Å². The predicted molar refractivity (Wildman–Crippen MR) is 203 cm³/mol. The third-order valence-corrected chi connectivity index (χ3v) is 14.1. The van der Waals surface area contributed by atoms with Crippen LogP contribution in [0.3, 0.4) is 0 Å². The van der Waals surface area contributed by atoms with Gasteiger partial charge in [-0.3, -0.25) is 28.4 Å². The van der Waals surface area contributed by atoms with Crippen molar-refractivity contribution >= 4 is 50.5 Å². The van der Waals surface area contributed by atoms with Gasteiger partial charge in [0.1, 0.15) is 23.7 Å². The van der Waals surface area contributed by atoms with Crippen molar-refractivity contribution in [2.24, 2.45) is 17.8 Å². The molecule has 2 aromatic heterocycles. The Kier molecular flexibility index (Phi) is 9.66. The van der Waals surface area contributed by atoms with Crippen molar-refractivity contribution in [2.45, 2.75) is 121 Å². The maximum atomic E-state index is 15.1. The molecule has 3 aromatic rings. The summed E-state index contributed by atoms with van der Waals surface area (Å²) in [5, 5.41) is 14.2. The van der Waals surface area contributed by atoms with Gasteiger partial charge in [0.25, 0.3) is 5.91 Å². The van der Waals surface area contributed by atoms with E-state index in [0.717, 1.165) is 11.9 Å². The van der Waals surface area contributed by atoms with Crippen LogP contribution in [0.2, 0.25) is 0 Å². The van der Waals surface area contributed by atoms with Crippen LogP contribution in [0, 0.1) is 17.8 Å². The molecule has 7 rings (SSSR count). The molecule has 1 saturated heterocycles. The van der Waals surface area contributed by atoms with Crippen molar-refractivity contribution < 1.29 is 37.4 Å². The van der Waals surface area contributed by atoms with Crippen molar-refractivity contribution in [3.05, 3.63) is 48.8 Å². The van der Waals surface area contributed by atoms with Crippen LogP contribution in [-0.4, -0.2) is 102 Å². The SMILES string of the molecule is CC1CC/C=C\[C@@H]2C[C@@]2(C(=O)NS(=O)(=O)C2(C)CC2)NC(=O)[C@@H]2C[C@@H](Oc3nc4nccn4c4ccccc34)CN2C(=O)[C@@H](N(C(=O)O)C(C)(C)C)[C@H](C)C1. The first kappa shape index (κ1) is 38.5. The summed E-state index contributed by atoms with van der Waals surface area (Å²) in [5.41, 5.74) is -1.74. The maximum Gasteiger partial charge on any atom is 0.408 e. The third-order valence-electron chi connectivity index (χ3n) is 11.9. The standard InChI is InChI=1S/C39H51N7O8S/c1-23-11-7-8-12-25-21-39(25,34(49)43-55(52,53)38(6)15-16-38)42-31(47)29-20-26(54-32-27-13-9-10-14-28(27)44-18-17-40-35(44)41-32)22-45(29)33(48)30(24(2)19-23)46(36(50)51)37(3,4)5/h8-10,12-14,17-18,23-26,29-30H,7,11,15-16,19-22H2,1-6H3,(H,42,47)(H,43,49)(H,50,51)/b12-8-/t23?,24-,25-,26-,29+,30+,39-/m1/s1. The van der Waals surface area contributed by atoms with Crippen LogP contribution in [0.5, 0.6) is 5.88 Å². The molecule has 296 valence electrons. The lowest BCUT2D eigenvalue weighted by Crippen LogP contribution is -2.62. The number of fused-ring (bicyclic) bond motifs is 5. The quantitative estimate of drug-likeness (QED) is 0.305. The molecule has 0 bridgehead atoms. The zero-order chi connectivity index (χ0) is 39.7. The minimum Gasteiger partial charge on any atom is -0.472 e. The maximum absolute atomic E-state index is 15.1. The molecule has 4 aliphatic rings. The lowest BCUT2D eigenvalue weighted by atomic mass is 9.85. The van der Waals surface area contributed by atoms with E-state index in [0.29, 0.717) is 36.8 Å². The van der Waals surface area contributed by atoms with E-state index in [4.69, 9.17) is 4.74 Å². The summed E-state index contributed by atoms with van der Waals surface area (Å²) in [4.78, 5) is 68.2. The number of carbonyl (C=O) groups is 4. The highest BCUT2D eigenvalue weighted by Gasteiger charge is 2.63. The molecule has 2 aliphatic carbocycles. The number of ether oxygens (including phenoxy) is 1. The molecule has 0 spiro atoms. The van der Waals surface area contributed by atoms with Crippen molar-refractivity contribution in [2.75, 3.05) is 6.54 Å². The monoisotopic (exact) mass is 777 g/mol. The number of sulfonamides is 1. The minimum absolute atomic E-state index is 0.00185. The Morgan fingerprint density at radius 3 is 2.55 bits per heavy atom. The average Bonchev–Trinajstić information content (AvgIpc) is 3.89. The van der Waals surface area contributed by atoms with Crippen molar-refractivity contribution in [3.63, 3.8) is 0 Å². The molecule has 4 amide bonds. The number of imidazole rings is 1. The largest absolute Gasteiger partial charge is 0.472 e. The zero-order valence-corrected chi connectivity index (χ0v) is 33.0. The number of hydrogen-bond donors (Lipinski definition) is 3. The minimum atomic E-state index is -4.02. The Morgan fingerprint density at radius 2 is 1.85 bits per heavy atom. The van der Waals surface area contributed by atoms with Crippen LogP contribution in [0.15, 0.2) is 48.8 Å². The number of carbonyl (C=O) groups excluding carboxylic acids is 3. The summed E-state index contributed by atoms with van der Waals surface area (Å²) < 4.78 is 36.0. The number of nitrogens with zero attached hydrogens (tertiary/aromatic N) is 5. The van der Waals surface area contributed by atoms with Crippen LogP contribution in [-0.2, 0) is 24.4 Å². The van der Waals surface area contributed by atoms with E-state index in [9.17, 15) is 27.9 Å². The summed E-state index contributed by atoms with van der Waals surface area (Å²) >= 11 is 0. The topological polar surface area (TPSA) is 193 Å². The second-order valence-electron chi connectivity index (χ2n) is 17.3. The molecule has 1 unspecified atom stereocenters. The van der Waals surface area contributed by atoms with E-state index in [1.165, 1.54) is 9.80 Å². The van der Waals surface area contributed by atoms with E-state index in [1.54, 1.807) is 40.1 Å². The lowest BCUT2D eigenvalue weighted by molar-refractivity contribution is -0.146. The second-order valence-corrected chi connectivity index (χ2v) is 19.5. The second kappa shape index (κ2) is 13.8. The molecule has 15 nitrogen and oxygen atoms in total. The predicted octanol–water partition coefficient (Wildman–Crippen LogP) is 4.26. The van der Waals surface area contributed by atoms with E-state index >= 15 is 4.79 Å². The van der Waals surface area contributed by atoms with Gasteiger partial charge in [-0.15, -0.1) is 0 Å². The molecule has 3 fully saturated rings. The molecule has 55 heavy (non-hydrogen) atoms. The number of rotatable bonds is 6. The molecule has 1 aromatic carbocycles. The van der Waals surface area contributed by atoms with Crippen LogP contribution in [0.4, 0.5) is 4.79 Å². The van der Waals surface area contributed by atoms with Gasteiger partial charge >= 0.3 is 6.09 Å². The van der Waals surface area contributed by atoms with Crippen molar-refractivity contribution in [1.82, 2.24) is 34.2 Å². The van der Waals surface area contributed by atoms with Gasteiger partial charge in [0.15, 0.2) is 0 Å². The van der Waals surface area contributed by atoms with Crippen molar-refractivity contribution in [3.8, 4) is 5.88 Å². The lowest BCUT2D eigenvalue weighted by Gasteiger charge is -2.43. The van der Waals surface area contributed by atoms with Crippen LogP contribution >= 0.6 is 0 Å². The molecular formula is C39H51N7O8S. The summed E-state index contributed by atoms with van der Waals surface area (Å²) in [5.74, 6) is -2.15. The van der Waals surface area contributed by atoms with E-state index in [2.05, 4.69) is 26.9 Å². The van der Waals surface area contributed by atoms with Crippen LogP contribution < -0.4 is 14.8 Å².